The first-order chi connectivity index (χ1) is 8.99. The molecule has 0 fully saturated rings. The minimum atomic E-state index is -0.155. The van der Waals surface area contributed by atoms with Gasteiger partial charge in [-0.25, -0.2) is 0 Å². The number of aromatic nitrogens is 1. The Morgan fingerprint density at radius 3 is 2.79 bits per heavy atom. The molecule has 0 radical (unpaired) electrons. The number of carbonyl (C=O) groups is 1. The van der Waals surface area contributed by atoms with Crippen molar-refractivity contribution in [2.45, 2.75) is 20.4 Å². The molecule has 0 aliphatic rings. The third kappa shape index (κ3) is 2.96. The summed E-state index contributed by atoms with van der Waals surface area (Å²) in [7, 11) is 1.73. The SMILES string of the molecule is Cc1cc(Cl)c(C(=O)N(C)Cc2ccoc2C)cn1. The summed E-state index contributed by atoms with van der Waals surface area (Å²) in [4.78, 5) is 18.0. The van der Waals surface area contributed by atoms with Gasteiger partial charge in [0.2, 0.25) is 0 Å². The Morgan fingerprint density at radius 1 is 1.47 bits per heavy atom. The van der Waals surface area contributed by atoms with Crippen molar-refractivity contribution in [1.29, 1.82) is 0 Å². The molecule has 0 unspecified atom stereocenters. The average molecular weight is 279 g/mol. The van der Waals surface area contributed by atoms with Gasteiger partial charge in [0.15, 0.2) is 0 Å². The van der Waals surface area contributed by atoms with Gasteiger partial charge in [0, 0.05) is 31.0 Å². The lowest BCUT2D eigenvalue weighted by atomic mass is 10.2. The number of carbonyl (C=O) groups excluding carboxylic acids is 1. The molecule has 0 bridgehead atoms. The van der Waals surface area contributed by atoms with Gasteiger partial charge in [0.25, 0.3) is 5.91 Å². The number of aryl methyl sites for hydroxylation is 2. The molecule has 2 heterocycles. The normalized spacial score (nSPS) is 10.5. The highest BCUT2D eigenvalue weighted by Gasteiger charge is 2.17. The Hall–Kier alpha value is -1.81. The van der Waals surface area contributed by atoms with E-state index in [9.17, 15) is 4.79 Å². The Bertz CT molecular complexity index is 607. The fourth-order valence-electron chi connectivity index (χ4n) is 1.79. The number of rotatable bonds is 3. The number of halogens is 1. The van der Waals surface area contributed by atoms with Gasteiger partial charge in [-0.2, -0.15) is 0 Å². The lowest BCUT2D eigenvalue weighted by Gasteiger charge is -2.17. The molecular weight excluding hydrogens is 264 g/mol. The summed E-state index contributed by atoms with van der Waals surface area (Å²) >= 11 is 6.08. The highest BCUT2D eigenvalue weighted by Crippen LogP contribution is 2.19. The van der Waals surface area contributed by atoms with E-state index in [-0.39, 0.29) is 5.91 Å². The largest absolute Gasteiger partial charge is 0.469 e. The molecule has 2 rings (SSSR count). The van der Waals surface area contributed by atoms with E-state index in [1.807, 2.05) is 19.9 Å². The second kappa shape index (κ2) is 5.45. The fourth-order valence-corrected chi connectivity index (χ4v) is 2.08. The van der Waals surface area contributed by atoms with Crippen molar-refractivity contribution in [3.05, 3.63) is 52.2 Å². The second-order valence-electron chi connectivity index (χ2n) is 4.47. The van der Waals surface area contributed by atoms with Crippen molar-refractivity contribution >= 4 is 17.5 Å². The molecule has 0 atom stereocenters. The number of amides is 1. The lowest BCUT2D eigenvalue weighted by Crippen LogP contribution is -2.26. The summed E-state index contributed by atoms with van der Waals surface area (Å²) in [6.45, 7) is 4.18. The van der Waals surface area contributed by atoms with Crippen LogP contribution in [0.4, 0.5) is 0 Å². The first-order valence-electron chi connectivity index (χ1n) is 5.89. The van der Waals surface area contributed by atoms with Crippen molar-refractivity contribution in [3.63, 3.8) is 0 Å². The molecular formula is C14H15ClN2O2. The van der Waals surface area contributed by atoms with Crippen LogP contribution in [0.25, 0.3) is 0 Å². The van der Waals surface area contributed by atoms with Crippen LogP contribution in [0.1, 0.15) is 27.4 Å². The first kappa shape index (κ1) is 13.6. The van der Waals surface area contributed by atoms with Crippen LogP contribution in [-0.2, 0) is 6.54 Å². The summed E-state index contributed by atoms with van der Waals surface area (Å²) in [5, 5.41) is 0.424. The fraction of sp³-hybridized carbons (Fsp3) is 0.286. The van der Waals surface area contributed by atoms with Crippen LogP contribution in [0.5, 0.6) is 0 Å². The number of furan rings is 1. The predicted octanol–water partition coefficient (Wildman–Crippen LogP) is 3.22. The van der Waals surface area contributed by atoms with Crippen molar-refractivity contribution in [3.8, 4) is 0 Å². The monoisotopic (exact) mass is 278 g/mol. The van der Waals surface area contributed by atoms with Crippen LogP contribution in [0.2, 0.25) is 5.02 Å². The number of pyridine rings is 1. The van der Waals surface area contributed by atoms with E-state index in [4.69, 9.17) is 16.0 Å². The predicted molar refractivity (Wildman–Crippen MR) is 73.2 cm³/mol. The summed E-state index contributed by atoms with van der Waals surface area (Å²) in [6.07, 6.45) is 3.13. The van der Waals surface area contributed by atoms with E-state index >= 15 is 0 Å². The average Bonchev–Trinajstić information content (AvgIpc) is 2.74. The summed E-state index contributed by atoms with van der Waals surface area (Å²) < 4.78 is 5.21. The minimum Gasteiger partial charge on any atom is -0.469 e. The third-order valence-corrected chi connectivity index (χ3v) is 3.25. The van der Waals surface area contributed by atoms with Crippen molar-refractivity contribution < 1.29 is 9.21 Å². The van der Waals surface area contributed by atoms with Gasteiger partial charge in [-0.3, -0.25) is 9.78 Å². The van der Waals surface area contributed by atoms with Crippen molar-refractivity contribution in [1.82, 2.24) is 9.88 Å². The van der Waals surface area contributed by atoms with Crippen molar-refractivity contribution in [2.24, 2.45) is 0 Å². The highest BCUT2D eigenvalue weighted by molar-refractivity contribution is 6.33. The van der Waals surface area contributed by atoms with Crippen LogP contribution in [0.15, 0.2) is 29.0 Å². The van der Waals surface area contributed by atoms with E-state index < -0.39 is 0 Å². The van der Waals surface area contributed by atoms with E-state index in [2.05, 4.69) is 4.98 Å². The molecule has 0 saturated carbocycles. The molecule has 5 heteroatoms. The second-order valence-corrected chi connectivity index (χ2v) is 4.88. The molecule has 0 N–H and O–H groups in total. The zero-order chi connectivity index (χ0) is 14.0. The first-order valence-corrected chi connectivity index (χ1v) is 6.27. The molecule has 2 aromatic rings. The van der Waals surface area contributed by atoms with Gasteiger partial charge in [-0.05, 0) is 26.0 Å². The van der Waals surface area contributed by atoms with Gasteiger partial charge in [-0.15, -0.1) is 0 Å². The molecule has 0 aliphatic heterocycles. The maximum Gasteiger partial charge on any atom is 0.256 e. The van der Waals surface area contributed by atoms with Gasteiger partial charge >= 0.3 is 0 Å². The Labute approximate surface area is 117 Å². The number of hydrogen-bond acceptors (Lipinski definition) is 3. The summed E-state index contributed by atoms with van der Waals surface area (Å²) in [5.74, 6) is 0.658. The molecule has 0 aliphatic carbocycles. The molecule has 1 amide bonds. The Balaban J connectivity index is 2.17. The van der Waals surface area contributed by atoms with Crippen LogP contribution in [0.3, 0.4) is 0 Å². The third-order valence-electron chi connectivity index (χ3n) is 2.94. The smallest absolute Gasteiger partial charge is 0.256 e. The zero-order valence-corrected chi connectivity index (χ0v) is 11.9. The number of nitrogens with zero attached hydrogens (tertiary/aromatic N) is 2. The molecule has 100 valence electrons. The van der Waals surface area contributed by atoms with Gasteiger partial charge < -0.3 is 9.32 Å². The molecule has 0 aromatic carbocycles. The van der Waals surface area contributed by atoms with Gasteiger partial charge in [0.05, 0.1) is 16.8 Å². The maximum atomic E-state index is 12.3. The van der Waals surface area contributed by atoms with Crippen LogP contribution >= 0.6 is 11.6 Å². The molecule has 0 spiro atoms. The topological polar surface area (TPSA) is 46.3 Å². The van der Waals surface area contributed by atoms with E-state index in [0.29, 0.717) is 17.1 Å². The van der Waals surface area contributed by atoms with E-state index in [1.165, 1.54) is 6.20 Å². The van der Waals surface area contributed by atoms with Crippen LogP contribution in [0, 0.1) is 13.8 Å². The lowest BCUT2D eigenvalue weighted by molar-refractivity contribution is 0.0784. The summed E-state index contributed by atoms with van der Waals surface area (Å²) in [5.41, 5.74) is 2.18. The number of hydrogen-bond donors (Lipinski definition) is 0. The van der Waals surface area contributed by atoms with E-state index in [1.54, 1.807) is 24.3 Å². The highest BCUT2D eigenvalue weighted by atomic mass is 35.5. The van der Waals surface area contributed by atoms with Crippen molar-refractivity contribution in [2.75, 3.05) is 7.05 Å². The molecule has 4 nitrogen and oxygen atoms in total. The van der Waals surface area contributed by atoms with Crippen LogP contribution < -0.4 is 0 Å². The standard InChI is InChI=1S/C14H15ClN2O2/c1-9-6-13(15)12(7-16-9)14(18)17(3)8-11-4-5-19-10(11)2/h4-7H,8H2,1-3H3. The Kier molecular flexibility index (Phi) is 3.90. The van der Waals surface area contributed by atoms with Gasteiger partial charge in [-0.1, -0.05) is 11.6 Å². The minimum absolute atomic E-state index is 0.155. The van der Waals surface area contributed by atoms with E-state index in [0.717, 1.165) is 17.0 Å². The van der Waals surface area contributed by atoms with Gasteiger partial charge in [0.1, 0.15) is 5.76 Å². The molecule has 2 aromatic heterocycles. The Morgan fingerprint density at radius 2 is 2.21 bits per heavy atom. The quantitative estimate of drug-likeness (QED) is 0.866. The zero-order valence-electron chi connectivity index (χ0n) is 11.1. The van der Waals surface area contributed by atoms with Crippen LogP contribution in [-0.4, -0.2) is 22.8 Å². The molecule has 19 heavy (non-hydrogen) atoms. The maximum absolute atomic E-state index is 12.3. The summed E-state index contributed by atoms with van der Waals surface area (Å²) in [6, 6.07) is 3.54. The molecule has 0 saturated heterocycles.